The second kappa shape index (κ2) is 13.8. The van der Waals surface area contributed by atoms with Crippen LogP contribution >= 0.6 is 0 Å². The van der Waals surface area contributed by atoms with Crippen LogP contribution in [-0.2, 0) is 33.4 Å². The Kier molecular flexibility index (Phi) is 12.3. The number of aliphatic carboxylic acids is 1. The van der Waals surface area contributed by atoms with Crippen molar-refractivity contribution < 1.29 is 53.9 Å². The van der Waals surface area contributed by atoms with E-state index in [0.29, 0.717) is 18.2 Å². The Morgan fingerprint density at radius 1 is 0.765 bits per heavy atom. The molecule has 0 heterocycles. The van der Waals surface area contributed by atoms with Crippen LogP contribution in [0, 0.1) is 10.8 Å². The van der Waals surface area contributed by atoms with Crippen LogP contribution in [0.1, 0.15) is 20.3 Å². The highest BCUT2D eigenvalue weighted by Crippen LogP contribution is 2.46. The first-order valence-electron chi connectivity index (χ1n) is 9.76. The summed E-state index contributed by atoms with van der Waals surface area (Å²) in [7, 11) is 0. The molecule has 0 fully saturated rings. The molecule has 4 N–H and O–H groups in total. The predicted molar refractivity (Wildman–Crippen MR) is 118 cm³/mol. The van der Waals surface area contributed by atoms with Crippen molar-refractivity contribution in [3.8, 4) is 0 Å². The Balaban J connectivity index is 6.74. The van der Waals surface area contributed by atoms with Crippen molar-refractivity contribution in [2.45, 2.75) is 20.3 Å². The average molecular weight is 480 g/mol. The van der Waals surface area contributed by atoms with Crippen molar-refractivity contribution in [2.24, 2.45) is 10.8 Å². The third kappa shape index (κ3) is 8.70. The molecule has 0 aliphatic carbocycles. The van der Waals surface area contributed by atoms with E-state index in [-0.39, 0.29) is 17.6 Å². The maximum Gasteiger partial charge on any atom is 0.340 e. The molecular weight excluding hydrogens is 452 g/mol. The summed E-state index contributed by atoms with van der Waals surface area (Å²) in [6.07, 6.45) is 4.56. The topological polar surface area (TPSA) is 185 Å². The summed E-state index contributed by atoms with van der Waals surface area (Å²) in [5.74, 6) is -5.94. The molecule has 0 saturated carbocycles. The van der Waals surface area contributed by atoms with E-state index in [1.807, 2.05) is 0 Å². The van der Waals surface area contributed by atoms with Gasteiger partial charge in [-0.3, -0.25) is 0 Å². The molecule has 11 nitrogen and oxygen atoms in total. The van der Waals surface area contributed by atoms with Crippen LogP contribution in [0.25, 0.3) is 0 Å². The number of carboxylic acid groups (broad SMARTS) is 1. The van der Waals surface area contributed by atoms with Gasteiger partial charge in [0.05, 0.1) is 13.2 Å². The van der Waals surface area contributed by atoms with Crippen LogP contribution in [0.5, 0.6) is 0 Å². The molecule has 0 rings (SSSR count). The number of carboxylic acids is 1. The number of carbonyl (C=O) groups is 5. The lowest BCUT2D eigenvalue weighted by Gasteiger charge is -2.43. The van der Waals surface area contributed by atoms with Crippen molar-refractivity contribution >= 4 is 29.8 Å². The van der Waals surface area contributed by atoms with Crippen molar-refractivity contribution in [2.75, 3.05) is 19.8 Å². The van der Waals surface area contributed by atoms with Gasteiger partial charge in [0.25, 0.3) is 0 Å². The maximum atomic E-state index is 12.1. The summed E-state index contributed by atoms with van der Waals surface area (Å²) in [6.45, 7) is 6.92. The third-order valence-electron chi connectivity index (χ3n) is 4.69. The molecule has 0 saturated heterocycles. The van der Waals surface area contributed by atoms with Gasteiger partial charge >= 0.3 is 29.8 Å². The number of hydrogen-bond donors (Lipinski definition) is 4. The van der Waals surface area contributed by atoms with Crippen LogP contribution in [0.3, 0.4) is 0 Å². The van der Waals surface area contributed by atoms with Crippen LogP contribution < -0.4 is 0 Å². The zero-order valence-corrected chi connectivity index (χ0v) is 18.9. The first-order chi connectivity index (χ1) is 15.8. The second-order valence-electron chi connectivity index (χ2n) is 7.32. The Morgan fingerprint density at radius 2 is 1.15 bits per heavy atom. The van der Waals surface area contributed by atoms with Crippen molar-refractivity contribution in [3.63, 3.8) is 0 Å². The minimum atomic E-state index is -1.94. The summed E-state index contributed by atoms with van der Waals surface area (Å²) in [6, 6.07) is 0. The van der Waals surface area contributed by atoms with Crippen molar-refractivity contribution in [1.29, 1.82) is 0 Å². The molecule has 0 aliphatic heterocycles. The van der Waals surface area contributed by atoms with Gasteiger partial charge in [0, 0.05) is 46.8 Å². The first kappa shape index (κ1) is 30.3. The lowest BCUT2D eigenvalue weighted by Crippen LogP contribution is -2.45. The van der Waals surface area contributed by atoms with Gasteiger partial charge in [0.2, 0.25) is 0 Å². The highest BCUT2D eigenvalue weighted by atomic mass is 16.6. The predicted octanol–water partition coefficient (Wildman–Crippen LogP) is 0.371. The van der Waals surface area contributed by atoms with Gasteiger partial charge in [-0.05, 0) is 20.3 Å². The van der Waals surface area contributed by atoms with Crippen LogP contribution in [-0.4, -0.2) is 70.1 Å². The molecule has 0 aromatic rings. The summed E-state index contributed by atoms with van der Waals surface area (Å²) >= 11 is 0. The number of aliphatic hydroxyl groups excluding tert-OH is 3. The van der Waals surface area contributed by atoms with E-state index in [2.05, 4.69) is 22.6 Å². The van der Waals surface area contributed by atoms with Crippen molar-refractivity contribution in [3.05, 3.63) is 60.8 Å². The summed E-state index contributed by atoms with van der Waals surface area (Å²) in [4.78, 5) is 58.6. The minimum Gasteiger partial charge on any atom is -0.478 e. The van der Waals surface area contributed by atoms with Gasteiger partial charge in [-0.25, -0.2) is 24.0 Å². The fourth-order valence-corrected chi connectivity index (χ4v) is 2.66. The largest absolute Gasteiger partial charge is 0.478 e. The summed E-state index contributed by atoms with van der Waals surface area (Å²) < 4.78 is 9.06. The van der Waals surface area contributed by atoms with E-state index < -0.39 is 60.5 Å². The maximum absolute atomic E-state index is 12.1. The number of esters is 4. The Bertz CT molecular complexity index is 867. The molecule has 0 aromatic heterocycles. The van der Waals surface area contributed by atoms with E-state index in [0.717, 1.165) is 18.2 Å². The average Bonchev–Trinajstić information content (AvgIpc) is 2.77. The molecule has 0 atom stereocenters. The molecule has 0 amide bonds. The molecule has 0 aliphatic rings. The van der Waals surface area contributed by atoms with Crippen LogP contribution in [0.4, 0.5) is 0 Å². The highest BCUT2D eigenvalue weighted by Gasteiger charge is 2.46. The Labute approximate surface area is 196 Å². The van der Waals surface area contributed by atoms with E-state index in [1.165, 1.54) is 13.8 Å². The SMILES string of the molecule is C=C(C)C(=O)OC(=O)C=CC(C=CC(=O)O)(C=CC(=O)OC(=O)C(=C)C)C(CO)(CO)CCO. The second-order valence-corrected chi connectivity index (χ2v) is 7.32. The number of rotatable bonds is 13. The first-order valence-corrected chi connectivity index (χ1v) is 9.76. The van der Waals surface area contributed by atoms with Gasteiger partial charge < -0.3 is 29.9 Å². The van der Waals surface area contributed by atoms with Crippen LogP contribution in [0.15, 0.2) is 60.8 Å². The van der Waals surface area contributed by atoms with E-state index >= 15 is 0 Å². The molecule has 0 radical (unpaired) electrons. The van der Waals surface area contributed by atoms with Crippen LogP contribution in [0.2, 0.25) is 0 Å². The normalized spacial score (nSPS) is 13.6. The molecule has 186 valence electrons. The highest BCUT2D eigenvalue weighted by molar-refractivity contribution is 5.99. The van der Waals surface area contributed by atoms with Gasteiger partial charge in [0.1, 0.15) is 0 Å². The zero-order valence-electron chi connectivity index (χ0n) is 18.9. The fraction of sp³-hybridized carbons (Fsp3) is 0.348. The monoisotopic (exact) mass is 480 g/mol. The zero-order chi connectivity index (χ0) is 26.5. The summed E-state index contributed by atoms with van der Waals surface area (Å²) in [5, 5.41) is 38.8. The van der Waals surface area contributed by atoms with Gasteiger partial charge in [0.15, 0.2) is 0 Å². The van der Waals surface area contributed by atoms with Crippen molar-refractivity contribution in [1.82, 2.24) is 0 Å². The smallest absolute Gasteiger partial charge is 0.340 e. The third-order valence-corrected chi connectivity index (χ3v) is 4.69. The van der Waals surface area contributed by atoms with Gasteiger partial charge in [-0.1, -0.05) is 31.4 Å². The van der Waals surface area contributed by atoms with Gasteiger partial charge in [-0.2, -0.15) is 0 Å². The number of hydrogen-bond acceptors (Lipinski definition) is 10. The molecule has 11 heteroatoms. The fourth-order valence-electron chi connectivity index (χ4n) is 2.66. The Morgan fingerprint density at radius 3 is 1.44 bits per heavy atom. The molecule has 0 aromatic carbocycles. The number of ether oxygens (including phenoxy) is 2. The quantitative estimate of drug-likeness (QED) is 0.162. The Hall–Kier alpha value is -3.67. The number of allylic oxidation sites excluding steroid dienone is 3. The van der Waals surface area contributed by atoms with E-state index in [9.17, 15) is 39.3 Å². The molecule has 0 spiro atoms. The minimum absolute atomic E-state index is 0.0797. The van der Waals surface area contributed by atoms with Gasteiger partial charge in [-0.15, -0.1) is 0 Å². The molecule has 0 unspecified atom stereocenters. The molecule has 0 bridgehead atoms. The molecule has 34 heavy (non-hydrogen) atoms. The standard InChI is InChI=1S/C23H28O11/c1-15(2)20(31)33-18(29)6-9-22(8-5-17(27)28,23(13-25,14-26)11-12-24)10-7-19(30)34-21(32)16(3)4/h5-10,24-26H,1,3,11-14H2,2,4H3,(H,27,28). The summed E-state index contributed by atoms with van der Waals surface area (Å²) in [5.41, 5.74) is -3.86. The van der Waals surface area contributed by atoms with E-state index in [1.54, 1.807) is 0 Å². The lowest BCUT2D eigenvalue weighted by atomic mass is 9.61. The number of carbonyl (C=O) groups excluding carboxylic acids is 4. The molecular formula is C23H28O11. The number of aliphatic hydroxyl groups is 3. The lowest BCUT2D eigenvalue weighted by molar-refractivity contribution is -0.154. The van der Waals surface area contributed by atoms with E-state index in [4.69, 9.17) is 5.11 Å².